The topological polar surface area (TPSA) is 112 Å². The molecule has 0 unspecified atom stereocenters. The summed E-state index contributed by atoms with van der Waals surface area (Å²) in [6.07, 6.45) is 1.16. The molecule has 1 aromatic carbocycles. The van der Waals surface area contributed by atoms with Gasteiger partial charge in [0.15, 0.2) is 11.2 Å². The minimum Gasteiger partial charge on any atom is -0.487 e. The number of allylic oxidation sites excluding steroid dienone is 4. The van der Waals surface area contributed by atoms with Crippen molar-refractivity contribution < 1.29 is 36.6 Å². The number of fused-ring (bicyclic) bond motifs is 2. The molecule has 0 bridgehead atoms. The highest BCUT2D eigenvalue weighted by Gasteiger charge is 2.60. The average Bonchev–Trinajstić information content (AvgIpc) is 3.24. The third-order valence-corrected chi connectivity index (χ3v) is 8.79. The number of benzene rings is 1. The number of anilines is 1. The van der Waals surface area contributed by atoms with Gasteiger partial charge in [0.05, 0.1) is 23.9 Å². The maximum absolute atomic E-state index is 13.5. The smallest absolute Gasteiger partial charge is 0.419 e. The van der Waals surface area contributed by atoms with Crippen molar-refractivity contribution in [2.75, 3.05) is 11.9 Å². The van der Waals surface area contributed by atoms with Crippen LogP contribution in [0.2, 0.25) is 25.7 Å². The van der Waals surface area contributed by atoms with Crippen LogP contribution in [0.25, 0.3) is 11.2 Å². The molecule has 2 aliphatic rings. The molecule has 5 rings (SSSR count). The third kappa shape index (κ3) is 7.10. The van der Waals surface area contributed by atoms with Crippen molar-refractivity contribution in [3.8, 4) is 5.88 Å². The van der Waals surface area contributed by atoms with Crippen LogP contribution in [0.4, 0.5) is 28.0 Å². The minimum absolute atomic E-state index is 0.193. The number of ether oxygens (including phenoxy) is 3. The van der Waals surface area contributed by atoms with E-state index < -0.39 is 37.7 Å². The Labute approximate surface area is 251 Å². The van der Waals surface area contributed by atoms with Crippen LogP contribution in [0.3, 0.4) is 0 Å². The first-order valence-corrected chi connectivity index (χ1v) is 17.5. The number of hydrogen-bond donors (Lipinski definition) is 2. The number of imidazole rings is 1. The summed E-state index contributed by atoms with van der Waals surface area (Å²) in [5.41, 5.74) is 0.0785. The zero-order valence-electron chi connectivity index (χ0n) is 24.5. The van der Waals surface area contributed by atoms with E-state index in [-0.39, 0.29) is 23.6 Å². The highest BCUT2D eigenvalue weighted by Crippen LogP contribution is 2.50. The lowest BCUT2D eigenvalue weighted by molar-refractivity contribution is -0.139. The summed E-state index contributed by atoms with van der Waals surface area (Å²) < 4.78 is 71.8. The molecule has 44 heavy (non-hydrogen) atoms. The number of rotatable bonds is 10. The number of hydrogen-bond acceptors (Lipinski definition) is 7. The summed E-state index contributed by atoms with van der Waals surface area (Å²) in [4.78, 5) is 25.3. The standard InChI is InChI=1S/C29H32F4N6O4Si/c1-16(42-27-24-26(34-13-35-27)39(14-36-24)15-41-10-11-44(3,4)5)6-9-21-17(2)22-23(25(22)43-21)38-28(40)37-18-7-8-20(30)19(12-18)29(31,32)33/h6-9,12-14,22-23,25H,2,10-11,15H2,1,3-5H3,(H2,37,38,40)/b16-6+,21-9+/t22-,23-,25-/m0/s1. The second-order valence-corrected chi connectivity index (χ2v) is 17.4. The van der Waals surface area contributed by atoms with Gasteiger partial charge in [0, 0.05) is 20.4 Å². The number of carbonyl (C=O) groups is 1. The zero-order valence-corrected chi connectivity index (χ0v) is 25.5. The largest absolute Gasteiger partial charge is 0.487 e. The van der Waals surface area contributed by atoms with E-state index in [0.29, 0.717) is 53.7 Å². The molecule has 3 aromatic rings. The number of nitrogens with zero attached hydrogens (tertiary/aromatic N) is 4. The van der Waals surface area contributed by atoms with E-state index in [0.717, 1.165) is 12.1 Å². The van der Waals surface area contributed by atoms with Gasteiger partial charge in [-0.1, -0.05) is 26.2 Å². The molecule has 1 aliphatic heterocycles. The van der Waals surface area contributed by atoms with Crippen molar-refractivity contribution in [3.05, 3.63) is 78.1 Å². The summed E-state index contributed by atoms with van der Waals surface area (Å²) in [5.74, 6) is -0.312. The molecule has 1 aliphatic carbocycles. The number of nitrogens with one attached hydrogen (secondary N) is 2. The maximum Gasteiger partial charge on any atom is 0.419 e. The first-order chi connectivity index (χ1) is 20.7. The zero-order chi connectivity index (χ0) is 31.8. The van der Waals surface area contributed by atoms with Crippen LogP contribution < -0.4 is 15.4 Å². The maximum atomic E-state index is 13.5. The van der Waals surface area contributed by atoms with Crippen LogP contribution in [-0.4, -0.2) is 52.4 Å². The second-order valence-electron chi connectivity index (χ2n) is 11.8. The Morgan fingerprint density at radius 3 is 2.68 bits per heavy atom. The average molecular weight is 633 g/mol. The van der Waals surface area contributed by atoms with Crippen molar-refractivity contribution in [2.24, 2.45) is 5.92 Å². The van der Waals surface area contributed by atoms with E-state index in [1.165, 1.54) is 6.33 Å². The Morgan fingerprint density at radius 1 is 1.23 bits per heavy atom. The number of carbonyl (C=O) groups excluding carboxylic acids is 1. The van der Waals surface area contributed by atoms with Gasteiger partial charge < -0.3 is 24.8 Å². The van der Waals surface area contributed by atoms with Crippen molar-refractivity contribution >= 4 is 31.0 Å². The van der Waals surface area contributed by atoms with E-state index in [2.05, 4.69) is 51.8 Å². The lowest BCUT2D eigenvalue weighted by atomic mass is 10.1. The molecule has 0 spiro atoms. The highest BCUT2D eigenvalue weighted by molar-refractivity contribution is 6.76. The number of urea groups is 1. The molecule has 3 atom stereocenters. The van der Waals surface area contributed by atoms with Crippen LogP contribution in [0.15, 0.2) is 66.7 Å². The van der Waals surface area contributed by atoms with Crippen LogP contribution in [0.1, 0.15) is 12.5 Å². The van der Waals surface area contributed by atoms with Gasteiger partial charge >= 0.3 is 12.2 Å². The molecule has 0 radical (unpaired) electrons. The Bertz CT molecular complexity index is 1650. The Morgan fingerprint density at radius 2 is 2.00 bits per heavy atom. The lowest BCUT2D eigenvalue weighted by Crippen LogP contribution is -2.34. The molecule has 2 amide bonds. The van der Waals surface area contributed by atoms with Crippen molar-refractivity contribution in [3.63, 3.8) is 0 Å². The molecule has 234 valence electrons. The number of amides is 2. The van der Waals surface area contributed by atoms with Gasteiger partial charge in [-0.15, -0.1) is 0 Å². The van der Waals surface area contributed by atoms with Crippen LogP contribution >= 0.6 is 0 Å². The summed E-state index contributed by atoms with van der Waals surface area (Å²) in [7, 11) is -1.19. The summed E-state index contributed by atoms with van der Waals surface area (Å²) >= 11 is 0. The normalized spacial score (nSPS) is 20.9. The fourth-order valence-corrected chi connectivity index (χ4v) is 5.39. The summed E-state index contributed by atoms with van der Waals surface area (Å²) in [6.45, 7) is 13.7. The minimum atomic E-state index is -4.89. The number of halogens is 4. The molecular weight excluding hydrogens is 600 g/mol. The van der Waals surface area contributed by atoms with Gasteiger partial charge in [-0.25, -0.2) is 19.2 Å². The monoisotopic (exact) mass is 632 g/mol. The van der Waals surface area contributed by atoms with E-state index in [1.807, 2.05) is 0 Å². The first-order valence-electron chi connectivity index (χ1n) is 13.8. The molecule has 1 saturated heterocycles. The molecule has 15 heteroatoms. The van der Waals surface area contributed by atoms with E-state index in [1.54, 1.807) is 30.0 Å². The van der Waals surface area contributed by atoms with Crippen molar-refractivity contribution in [2.45, 2.75) is 57.7 Å². The fraction of sp³-hybridized carbons (Fsp3) is 0.379. The predicted octanol–water partition coefficient (Wildman–Crippen LogP) is 6.24. The first kappa shape index (κ1) is 31.2. The van der Waals surface area contributed by atoms with Crippen LogP contribution in [0, 0.1) is 11.7 Å². The Balaban J connectivity index is 1.14. The second kappa shape index (κ2) is 12.0. The van der Waals surface area contributed by atoms with Gasteiger partial charge in [-0.3, -0.25) is 4.57 Å². The molecule has 2 fully saturated rings. The summed E-state index contributed by atoms with van der Waals surface area (Å²) in [6, 6.07) is 2.14. The van der Waals surface area contributed by atoms with Crippen molar-refractivity contribution in [1.82, 2.24) is 24.8 Å². The molecule has 3 heterocycles. The van der Waals surface area contributed by atoms with E-state index in [9.17, 15) is 22.4 Å². The molecule has 1 saturated carbocycles. The van der Waals surface area contributed by atoms with Crippen LogP contribution in [-0.2, 0) is 22.4 Å². The lowest BCUT2D eigenvalue weighted by Gasteiger charge is -2.15. The summed E-state index contributed by atoms with van der Waals surface area (Å²) in [5, 5.41) is 4.96. The third-order valence-electron chi connectivity index (χ3n) is 7.08. The number of alkyl halides is 3. The SMILES string of the molecule is C=C1/C(=C\C=C(/C)Oc2ncnc3c2ncn3COCC[Si](C)(C)C)O[C@@H]2[C@@H](NC(=O)Nc3ccc(F)c(C(F)(F)F)c3)[C@H]12. The van der Waals surface area contributed by atoms with Gasteiger partial charge in [0.1, 0.15) is 36.5 Å². The molecule has 10 nitrogen and oxygen atoms in total. The van der Waals surface area contributed by atoms with Gasteiger partial charge in [0.2, 0.25) is 0 Å². The van der Waals surface area contributed by atoms with E-state index >= 15 is 0 Å². The van der Waals surface area contributed by atoms with Gasteiger partial charge in [0.25, 0.3) is 5.88 Å². The fourth-order valence-electron chi connectivity index (χ4n) is 4.64. The van der Waals surface area contributed by atoms with Gasteiger partial charge in [-0.05, 0) is 48.9 Å². The van der Waals surface area contributed by atoms with Crippen LogP contribution in [0.5, 0.6) is 5.88 Å². The van der Waals surface area contributed by atoms with E-state index in [4.69, 9.17) is 14.2 Å². The quantitative estimate of drug-likeness (QED) is 0.118. The van der Waals surface area contributed by atoms with Gasteiger partial charge in [-0.2, -0.15) is 18.2 Å². The molecule has 2 aromatic heterocycles. The predicted molar refractivity (Wildman–Crippen MR) is 157 cm³/mol. The molecular formula is C29H32F4N6O4Si. The Kier molecular flexibility index (Phi) is 8.53. The number of aromatic nitrogens is 4. The highest BCUT2D eigenvalue weighted by atomic mass is 28.3. The Hall–Kier alpha value is -4.24. The van der Waals surface area contributed by atoms with Crippen molar-refractivity contribution in [1.29, 1.82) is 0 Å². The molecule has 2 N–H and O–H groups in total.